The molecule has 6 heteroatoms. The molecule has 1 heterocycles. The first-order valence-corrected chi connectivity index (χ1v) is 3.67. The lowest BCUT2D eigenvalue weighted by atomic mass is 9.82. The van der Waals surface area contributed by atoms with Crippen molar-refractivity contribution in [3.05, 3.63) is 29.0 Å². The van der Waals surface area contributed by atoms with Gasteiger partial charge in [-0.25, -0.2) is 4.98 Å². The van der Waals surface area contributed by atoms with Crippen LogP contribution < -0.4 is 0 Å². The summed E-state index contributed by atoms with van der Waals surface area (Å²) in [6.45, 7) is -4.83. The first kappa shape index (κ1) is 9.38. The van der Waals surface area contributed by atoms with Crippen LogP contribution in [-0.2, 0) is 6.32 Å². The molecule has 0 radical (unpaired) electrons. The molecule has 12 heavy (non-hydrogen) atoms. The molecule has 0 aliphatic heterocycles. The van der Waals surface area contributed by atoms with Crippen molar-refractivity contribution in [1.29, 1.82) is 0 Å². The lowest BCUT2D eigenvalue weighted by molar-refractivity contribution is 0.468. The molecule has 0 N–H and O–H groups in total. The minimum absolute atomic E-state index is 0.0340. The number of hydrogen-bond acceptors (Lipinski definition) is 1. The third-order valence-corrected chi connectivity index (χ3v) is 1.63. The van der Waals surface area contributed by atoms with Crippen LogP contribution in [0.4, 0.5) is 12.9 Å². The van der Waals surface area contributed by atoms with Gasteiger partial charge in [0.2, 0.25) is 0 Å². The van der Waals surface area contributed by atoms with E-state index in [0.717, 1.165) is 0 Å². The summed E-state index contributed by atoms with van der Waals surface area (Å²) >= 11 is 5.43. The lowest BCUT2D eigenvalue weighted by Crippen LogP contribution is -2.19. The highest BCUT2D eigenvalue weighted by molar-refractivity contribution is 6.58. The molecule has 0 aliphatic carbocycles. The van der Waals surface area contributed by atoms with Crippen LogP contribution in [-0.4, -0.2) is 12.0 Å². The van der Waals surface area contributed by atoms with Gasteiger partial charge < -0.3 is 12.9 Å². The number of aromatic nitrogens is 1. The molecule has 0 atom stereocenters. The molecule has 0 saturated carbocycles. The summed E-state index contributed by atoms with van der Waals surface area (Å²) in [6, 6.07) is 2.76. The number of nitrogens with zero attached hydrogens (tertiary/aromatic N) is 1. The fraction of sp³-hybridized carbons (Fsp3) is 0.167. The van der Waals surface area contributed by atoms with Crippen molar-refractivity contribution in [3.63, 3.8) is 0 Å². The second kappa shape index (κ2) is 3.35. The van der Waals surface area contributed by atoms with Crippen molar-refractivity contribution in [3.8, 4) is 0 Å². The minimum atomic E-state index is -4.83. The van der Waals surface area contributed by atoms with E-state index in [1.807, 2.05) is 0 Å². The van der Waals surface area contributed by atoms with Gasteiger partial charge in [-0.3, -0.25) is 0 Å². The van der Waals surface area contributed by atoms with Crippen molar-refractivity contribution in [2.75, 3.05) is 0 Å². The fourth-order valence-electron chi connectivity index (χ4n) is 0.821. The van der Waals surface area contributed by atoms with Gasteiger partial charge >= 0.3 is 6.98 Å². The van der Waals surface area contributed by atoms with E-state index in [1.165, 1.54) is 18.3 Å². The van der Waals surface area contributed by atoms with Crippen LogP contribution in [0.3, 0.4) is 0 Å². The van der Waals surface area contributed by atoms with E-state index in [2.05, 4.69) is 4.98 Å². The maximum atomic E-state index is 11.9. The summed E-state index contributed by atoms with van der Waals surface area (Å²) in [5, 5.41) is -0.0725. The molecule has 1 aromatic heterocycles. The summed E-state index contributed by atoms with van der Waals surface area (Å²) in [6.07, 6.45) is 0.391. The summed E-state index contributed by atoms with van der Waals surface area (Å²) in [7, 11) is 0. The Bertz CT molecular complexity index is 276. The molecule has 66 valence electrons. The van der Waals surface area contributed by atoms with E-state index in [9.17, 15) is 12.9 Å². The van der Waals surface area contributed by atoms with Crippen molar-refractivity contribution in [2.24, 2.45) is 0 Å². The quantitative estimate of drug-likeness (QED) is 0.521. The topological polar surface area (TPSA) is 12.9 Å². The molecule has 0 fully saturated rings. The van der Waals surface area contributed by atoms with Crippen molar-refractivity contribution in [1.82, 2.24) is 4.98 Å². The first-order chi connectivity index (χ1) is 5.49. The van der Waals surface area contributed by atoms with Gasteiger partial charge in [-0.15, -0.1) is 0 Å². The Hall–Kier alpha value is -0.705. The van der Waals surface area contributed by atoms with Crippen LogP contribution in [0.2, 0.25) is 5.15 Å². The van der Waals surface area contributed by atoms with Gasteiger partial charge in [-0.05, 0) is 11.6 Å². The highest BCUT2D eigenvalue weighted by Crippen LogP contribution is 2.20. The second-order valence-electron chi connectivity index (χ2n) is 2.37. The van der Waals surface area contributed by atoms with Crippen LogP contribution in [0.5, 0.6) is 0 Å². The molecular formula is C6H5BClF3N-. The van der Waals surface area contributed by atoms with Crippen LogP contribution in [0.25, 0.3) is 0 Å². The van der Waals surface area contributed by atoms with Crippen LogP contribution >= 0.6 is 11.6 Å². The Balaban J connectivity index is 2.83. The summed E-state index contributed by atoms with van der Waals surface area (Å²) in [5.41, 5.74) is 0.0340. The Morgan fingerprint density at radius 1 is 1.42 bits per heavy atom. The largest absolute Gasteiger partial charge is 0.482 e. The third kappa shape index (κ3) is 2.73. The standard InChI is InChI=1S/C6H5BClF3N/c8-6-5(2-1-3-12-6)4-7(9,10)11/h1-3H,4H2/q-1. The van der Waals surface area contributed by atoms with Crippen LogP contribution in [0, 0.1) is 0 Å². The molecule has 0 aliphatic rings. The van der Waals surface area contributed by atoms with Gasteiger partial charge in [-0.2, -0.15) is 0 Å². The molecule has 1 aromatic rings. The van der Waals surface area contributed by atoms with Crippen molar-refractivity contribution in [2.45, 2.75) is 6.32 Å². The van der Waals surface area contributed by atoms with Gasteiger partial charge in [0.25, 0.3) is 0 Å². The number of rotatable bonds is 2. The Morgan fingerprint density at radius 2 is 2.08 bits per heavy atom. The number of pyridine rings is 1. The Kier molecular flexibility index (Phi) is 2.62. The molecule has 0 amide bonds. The van der Waals surface area contributed by atoms with Gasteiger partial charge in [0.1, 0.15) is 5.15 Å². The second-order valence-corrected chi connectivity index (χ2v) is 2.73. The third-order valence-electron chi connectivity index (χ3n) is 1.29. The zero-order valence-corrected chi connectivity index (χ0v) is 6.73. The lowest BCUT2D eigenvalue weighted by Gasteiger charge is -2.13. The number of hydrogen-bond donors (Lipinski definition) is 0. The SMILES string of the molecule is F[B-](F)(F)Cc1cccnc1Cl. The summed E-state index contributed by atoms with van der Waals surface area (Å²) in [5.74, 6) is 0. The van der Waals surface area contributed by atoms with Gasteiger partial charge in [0, 0.05) is 6.20 Å². The van der Waals surface area contributed by atoms with E-state index in [4.69, 9.17) is 11.6 Å². The zero-order valence-electron chi connectivity index (χ0n) is 5.98. The highest BCUT2D eigenvalue weighted by atomic mass is 35.5. The predicted molar refractivity (Wildman–Crippen MR) is 42.0 cm³/mol. The smallest absolute Gasteiger partial charge is 0.449 e. The van der Waals surface area contributed by atoms with Gasteiger partial charge in [0.15, 0.2) is 0 Å². The maximum absolute atomic E-state index is 11.9. The molecule has 0 aromatic carbocycles. The summed E-state index contributed by atoms with van der Waals surface area (Å²) in [4.78, 5) is 3.54. The minimum Gasteiger partial charge on any atom is -0.449 e. The molecular weight excluding hydrogens is 189 g/mol. The summed E-state index contributed by atoms with van der Waals surface area (Å²) < 4.78 is 35.7. The van der Waals surface area contributed by atoms with E-state index in [1.54, 1.807) is 0 Å². The molecule has 0 spiro atoms. The van der Waals surface area contributed by atoms with E-state index in [-0.39, 0.29) is 10.7 Å². The first-order valence-electron chi connectivity index (χ1n) is 3.29. The molecule has 0 saturated heterocycles. The molecule has 1 rings (SSSR count). The monoisotopic (exact) mass is 194 g/mol. The van der Waals surface area contributed by atoms with Gasteiger partial charge in [-0.1, -0.05) is 24.0 Å². The normalized spacial score (nSPS) is 11.7. The van der Waals surface area contributed by atoms with Crippen molar-refractivity contribution >= 4 is 18.6 Å². The zero-order chi connectivity index (χ0) is 9.19. The van der Waals surface area contributed by atoms with E-state index < -0.39 is 13.3 Å². The van der Waals surface area contributed by atoms with E-state index >= 15 is 0 Å². The number of halogens is 4. The Morgan fingerprint density at radius 3 is 2.58 bits per heavy atom. The predicted octanol–water partition coefficient (Wildman–Crippen LogP) is 2.66. The van der Waals surface area contributed by atoms with E-state index in [0.29, 0.717) is 0 Å². The Labute approximate surface area is 72.6 Å². The van der Waals surface area contributed by atoms with Crippen LogP contribution in [0.15, 0.2) is 18.3 Å². The molecule has 0 unspecified atom stereocenters. The highest BCUT2D eigenvalue weighted by Gasteiger charge is 2.24. The molecule has 1 nitrogen and oxygen atoms in total. The average molecular weight is 194 g/mol. The van der Waals surface area contributed by atoms with Gasteiger partial charge in [0.05, 0.1) is 0 Å². The van der Waals surface area contributed by atoms with Crippen LogP contribution in [0.1, 0.15) is 5.56 Å². The fourth-order valence-corrected chi connectivity index (χ4v) is 1.02. The molecule has 0 bridgehead atoms. The average Bonchev–Trinajstić information content (AvgIpc) is 1.91. The maximum Gasteiger partial charge on any atom is 0.482 e. The van der Waals surface area contributed by atoms with Crippen molar-refractivity contribution < 1.29 is 12.9 Å².